The van der Waals surface area contributed by atoms with Crippen LogP contribution in [0.15, 0.2) is 87.6 Å². The van der Waals surface area contributed by atoms with Crippen molar-refractivity contribution in [1.29, 1.82) is 0 Å². The van der Waals surface area contributed by atoms with Crippen molar-refractivity contribution in [2.45, 2.75) is 4.90 Å². The van der Waals surface area contributed by atoms with Crippen molar-refractivity contribution in [1.82, 2.24) is 0 Å². The van der Waals surface area contributed by atoms with Gasteiger partial charge in [-0.3, -0.25) is 9.69 Å². The molecule has 0 radical (unpaired) electrons. The summed E-state index contributed by atoms with van der Waals surface area (Å²) in [6, 6.07) is 20.4. The summed E-state index contributed by atoms with van der Waals surface area (Å²) in [6.07, 6.45) is 1.76. The first-order chi connectivity index (χ1) is 16.3. The lowest BCUT2D eigenvalue weighted by molar-refractivity contribution is -0.113. The SMILES string of the molecule is COc1ccc(C=C2SC(=Nc3ccc(S(N)(=O)=O)cc3)N(c3ccccc3)C2=O)cc1OC. The molecule has 3 aromatic rings. The van der Waals surface area contributed by atoms with Gasteiger partial charge in [0.15, 0.2) is 16.7 Å². The van der Waals surface area contributed by atoms with Crippen molar-refractivity contribution in [3.05, 3.63) is 83.3 Å². The summed E-state index contributed by atoms with van der Waals surface area (Å²) in [6.45, 7) is 0. The Morgan fingerprint density at radius 3 is 2.24 bits per heavy atom. The topological polar surface area (TPSA) is 111 Å². The standard InChI is InChI=1S/C24H21N3O5S2/c1-31-20-13-8-16(14-21(20)32-2)15-22-23(28)27(18-6-4-3-5-7-18)24(33-22)26-17-9-11-19(12-10-17)34(25,29)30/h3-15H,1-2H3,(H2,25,29,30). The van der Waals surface area contributed by atoms with Crippen LogP contribution in [0.2, 0.25) is 0 Å². The zero-order valence-electron chi connectivity index (χ0n) is 18.3. The lowest BCUT2D eigenvalue weighted by Gasteiger charge is -2.15. The summed E-state index contributed by atoms with van der Waals surface area (Å²) in [5, 5.41) is 5.61. The molecule has 0 unspecified atom stereocenters. The Balaban J connectivity index is 1.74. The zero-order chi connectivity index (χ0) is 24.3. The molecule has 1 fully saturated rings. The molecule has 0 spiro atoms. The smallest absolute Gasteiger partial charge is 0.271 e. The Morgan fingerprint density at radius 1 is 0.941 bits per heavy atom. The first-order valence-corrected chi connectivity index (χ1v) is 12.4. The first-order valence-electron chi connectivity index (χ1n) is 10.0. The van der Waals surface area contributed by atoms with Crippen LogP contribution in [0.25, 0.3) is 6.08 Å². The highest BCUT2D eigenvalue weighted by Crippen LogP contribution is 2.38. The second-order valence-corrected chi connectivity index (χ2v) is 9.70. The maximum absolute atomic E-state index is 13.4. The van der Waals surface area contributed by atoms with E-state index in [1.807, 2.05) is 36.4 Å². The molecule has 8 nitrogen and oxygen atoms in total. The number of primary sulfonamides is 1. The van der Waals surface area contributed by atoms with Crippen molar-refractivity contribution >= 4 is 50.3 Å². The third-order valence-electron chi connectivity index (χ3n) is 4.92. The minimum absolute atomic E-state index is 0.0134. The van der Waals surface area contributed by atoms with Gasteiger partial charge >= 0.3 is 0 Å². The molecule has 1 saturated heterocycles. The first kappa shape index (κ1) is 23.6. The Labute approximate surface area is 201 Å². The molecule has 174 valence electrons. The largest absolute Gasteiger partial charge is 0.493 e. The number of hydrogen-bond acceptors (Lipinski definition) is 7. The van der Waals surface area contributed by atoms with Crippen LogP contribution in [-0.2, 0) is 14.8 Å². The molecule has 0 saturated carbocycles. The molecule has 34 heavy (non-hydrogen) atoms. The van der Waals surface area contributed by atoms with Crippen LogP contribution in [0.4, 0.5) is 11.4 Å². The summed E-state index contributed by atoms with van der Waals surface area (Å²) >= 11 is 1.22. The van der Waals surface area contributed by atoms with E-state index in [1.54, 1.807) is 32.4 Å². The van der Waals surface area contributed by atoms with E-state index in [9.17, 15) is 13.2 Å². The fraction of sp³-hybridized carbons (Fsp3) is 0.0833. The number of nitrogens with zero attached hydrogens (tertiary/aromatic N) is 2. The fourth-order valence-electron chi connectivity index (χ4n) is 3.27. The van der Waals surface area contributed by atoms with Crippen LogP contribution in [0.1, 0.15) is 5.56 Å². The number of thioether (sulfide) groups is 1. The molecule has 10 heteroatoms. The van der Waals surface area contributed by atoms with Gasteiger partial charge in [-0.1, -0.05) is 24.3 Å². The molecule has 3 aromatic carbocycles. The number of nitrogens with two attached hydrogens (primary N) is 1. The van der Waals surface area contributed by atoms with E-state index < -0.39 is 10.0 Å². The number of aliphatic imine (C=N–C) groups is 1. The number of amides is 1. The molecule has 0 atom stereocenters. The maximum atomic E-state index is 13.4. The number of amidine groups is 1. The van der Waals surface area contributed by atoms with Crippen molar-refractivity contribution in [3.63, 3.8) is 0 Å². The summed E-state index contributed by atoms with van der Waals surface area (Å²) in [5.41, 5.74) is 1.91. The van der Waals surface area contributed by atoms with Crippen molar-refractivity contribution in [3.8, 4) is 11.5 Å². The predicted molar refractivity (Wildman–Crippen MR) is 134 cm³/mol. The van der Waals surface area contributed by atoms with Crippen LogP contribution in [0.3, 0.4) is 0 Å². The van der Waals surface area contributed by atoms with Gasteiger partial charge in [-0.2, -0.15) is 0 Å². The van der Waals surface area contributed by atoms with E-state index in [4.69, 9.17) is 14.6 Å². The van der Waals surface area contributed by atoms with E-state index in [0.717, 1.165) is 5.56 Å². The zero-order valence-corrected chi connectivity index (χ0v) is 20.0. The van der Waals surface area contributed by atoms with Gasteiger partial charge in [0.1, 0.15) is 0 Å². The quantitative estimate of drug-likeness (QED) is 0.514. The average molecular weight is 496 g/mol. The van der Waals surface area contributed by atoms with Crippen molar-refractivity contribution in [2.24, 2.45) is 10.1 Å². The van der Waals surface area contributed by atoms with Gasteiger partial charge in [-0.05, 0) is 71.9 Å². The van der Waals surface area contributed by atoms with Gasteiger partial charge in [0.25, 0.3) is 5.91 Å². The summed E-state index contributed by atoms with van der Waals surface area (Å²) in [5.74, 6) is 0.910. The molecular weight excluding hydrogens is 474 g/mol. The number of anilines is 1. The van der Waals surface area contributed by atoms with Crippen LogP contribution in [-0.4, -0.2) is 33.7 Å². The summed E-state index contributed by atoms with van der Waals surface area (Å²) in [4.78, 5) is 20.0. The number of methoxy groups -OCH3 is 2. The van der Waals surface area contributed by atoms with Crippen LogP contribution < -0.4 is 19.5 Å². The van der Waals surface area contributed by atoms with E-state index >= 15 is 0 Å². The van der Waals surface area contributed by atoms with Gasteiger partial charge in [0, 0.05) is 0 Å². The van der Waals surface area contributed by atoms with Gasteiger partial charge < -0.3 is 9.47 Å². The lowest BCUT2D eigenvalue weighted by atomic mass is 10.2. The monoisotopic (exact) mass is 495 g/mol. The number of para-hydroxylation sites is 1. The maximum Gasteiger partial charge on any atom is 0.271 e. The van der Waals surface area contributed by atoms with E-state index in [2.05, 4.69) is 4.99 Å². The molecule has 0 aromatic heterocycles. The number of sulfonamides is 1. The highest BCUT2D eigenvalue weighted by atomic mass is 32.2. The average Bonchev–Trinajstić information content (AvgIpc) is 3.13. The third-order valence-corrected chi connectivity index (χ3v) is 6.81. The number of carbonyl (C=O) groups excluding carboxylic acids is 1. The van der Waals surface area contributed by atoms with Crippen LogP contribution >= 0.6 is 11.8 Å². The van der Waals surface area contributed by atoms with Gasteiger partial charge in [0.2, 0.25) is 10.0 Å². The molecule has 4 rings (SSSR count). The molecule has 0 bridgehead atoms. The van der Waals surface area contributed by atoms with E-state index in [-0.39, 0.29) is 10.8 Å². The van der Waals surface area contributed by atoms with Gasteiger partial charge in [0.05, 0.1) is 35.4 Å². The molecule has 1 heterocycles. The Hall–Kier alpha value is -3.60. The van der Waals surface area contributed by atoms with E-state index in [0.29, 0.717) is 32.9 Å². The highest BCUT2D eigenvalue weighted by molar-refractivity contribution is 8.19. The minimum atomic E-state index is -3.81. The van der Waals surface area contributed by atoms with Gasteiger partial charge in [-0.15, -0.1) is 0 Å². The van der Waals surface area contributed by atoms with E-state index in [1.165, 1.54) is 40.9 Å². The number of rotatable bonds is 6. The molecule has 1 aliphatic rings. The summed E-state index contributed by atoms with van der Waals surface area (Å²) in [7, 11) is -0.703. The van der Waals surface area contributed by atoms with Crippen molar-refractivity contribution in [2.75, 3.05) is 19.1 Å². The summed E-state index contributed by atoms with van der Waals surface area (Å²) < 4.78 is 33.7. The number of benzene rings is 3. The molecule has 2 N–H and O–H groups in total. The normalized spacial score (nSPS) is 16.3. The fourth-order valence-corrected chi connectivity index (χ4v) is 4.78. The second-order valence-electron chi connectivity index (χ2n) is 7.13. The minimum Gasteiger partial charge on any atom is -0.493 e. The predicted octanol–water partition coefficient (Wildman–Crippen LogP) is 4.16. The number of hydrogen-bond donors (Lipinski definition) is 1. The number of carbonyl (C=O) groups is 1. The molecule has 1 amide bonds. The Bertz CT molecular complexity index is 1390. The molecule has 0 aliphatic carbocycles. The number of ether oxygens (including phenoxy) is 2. The van der Waals surface area contributed by atoms with Gasteiger partial charge in [-0.25, -0.2) is 18.5 Å². The lowest BCUT2D eigenvalue weighted by Crippen LogP contribution is -2.28. The van der Waals surface area contributed by atoms with Crippen LogP contribution in [0, 0.1) is 0 Å². The Kier molecular flexibility index (Phi) is 6.73. The van der Waals surface area contributed by atoms with Crippen LogP contribution in [0.5, 0.6) is 11.5 Å². The third kappa shape index (κ3) is 4.98. The Morgan fingerprint density at radius 2 is 1.62 bits per heavy atom. The van der Waals surface area contributed by atoms with Crippen molar-refractivity contribution < 1.29 is 22.7 Å². The molecule has 1 aliphatic heterocycles. The second kappa shape index (κ2) is 9.72. The highest BCUT2D eigenvalue weighted by Gasteiger charge is 2.34. The molecular formula is C24H21N3O5S2.